The number of nitrogens with one attached hydrogen (secondary N) is 2. The van der Waals surface area contributed by atoms with E-state index in [1.54, 1.807) is 36.4 Å². The highest BCUT2D eigenvalue weighted by Gasteiger charge is 2.56. The molecular weight excluding hydrogens is 437 g/mol. The minimum atomic E-state index is -0.918. The number of halogens is 1. The van der Waals surface area contributed by atoms with Crippen molar-refractivity contribution in [3.05, 3.63) is 59.9 Å². The van der Waals surface area contributed by atoms with Gasteiger partial charge in [0.1, 0.15) is 29.4 Å². The number of imide groups is 1. The van der Waals surface area contributed by atoms with E-state index in [2.05, 4.69) is 31.4 Å². The maximum atomic E-state index is 13.2. The molecule has 1 saturated carbocycles. The lowest BCUT2D eigenvalue weighted by atomic mass is 9.64. The average Bonchev–Trinajstić information content (AvgIpc) is 2.96. The van der Waals surface area contributed by atoms with Gasteiger partial charge in [-0.3, -0.25) is 14.5 Å². The molecule has 0 aromatic heterocycles. The van der Waals surface area contributed by atoms with E-state index in [1.807, 2.05) is 0 Å². The lowest BCUT2D eigenvalue weighted by Gasteiger charge is -2.43. The van der Waals surface area contributed by atoms with E-state index in [9.17, 15) is 18.8 Å². The van der Waals surface area contributed by atoms with Gasteiger partial charge < -0.3 is 15.4 Å². The van der Waals surface area contributed by atoms with Gasteiger partial charge in [0.2, 0.25) is 5.91 Å². The fourth-order valence-corrected chi connectivity index (χ4v) is 5.36. The molecule has 0 unspecified atom stereocenters. The number of urea groups is 1. The molecule has 2 aromatic rings. The van der Waals surface area contributed by atoms with Gasteiger partial charge in [-0.05, 0) is 72.6 Å². The smallest absolute Gasteiger partial charge is 0.325 e. The van der Waals surface area contributed by atoms with E-state index in [0.717, 1.165) is 16.9 Å². The maximum absolute atomic E-state index is 13.2. The fraction of sp³-hybridized carbons (Fsp3) is 0.423. The van der Waals surface area contributed by atoms with Crippen molar-refractivity contribution >= 4 is 17.8 Å². The summed E-state index contributed by atoms with van der Waals surface area (Å²) < 4.78 is 18.7. The summed E-state index contributed by atoms with van der Waals surface area (Å²) in [5, 5.41) is 5.65. The van der Waals surface area contributed by atoms with Crippen molar-refractivity contribution in [1.82, 2.24) is 15.5 Å². The number of hydrogen-bond donors (Lipinski definition) is 2. The molecule has 180 valence electrons. The van der Waals surface area contributed by atoms with Crippen LogP contribution in [0.15, 0.2) is 48.5 Å². The van der Waals surface area contributed by atoms with Crippen molar-refractivity contribution in [1.29, 1.82) is 0 Å². The van der Waals surface area contributed by atoms with E-state index < -0.39 is 17.5 Å². The number of carbonyl (C=O) groups excluding carboxylic acids is 3. The van der Waals surface area contributed by atoms with Crippen LogP contribution in [0.3, 0.4) is 0 Å². The molecule has 4 rings (SSSR count). The van der Waals surface area contributed by atoms with Crippen molar-refractivity contribution in [2.24, 2.45) is 11.3 Å². The van der Waals surface area contributed by atoms with Crippen molar-refractivity contribution < 1.29 is 23.5 Å². The third-order valence-electron chi connectivity index (χ3n) is 6.39. The van der Waals surface area contributed by atoms with Gasteiger partial charge in [0.15, 0.2) is 0 Å². The number of ether oxygens (including phenoxy) is 1. The van der Waals surface area contributed by atoms with Gasteiger partial charge in [0.05, 0.1) is 0 Å². The molecule has 4 amide bonds. The quantitative estimate of drug-likeness (QED) is 0.618. The Morgan fingerprint density at radius 3 is 2.32 bits per heavy atom. The molecule has 2 aromatic carbocycles. The van der Waals surface area contributed by atoms with Crippen LogP contribution in [-0.4, -0.2) is 34.8 Å². The number of hydrogen-bond acceptors (Lipinski definition) is 4. The molecule has 1 heterocycles. The molecule has 1 saturated heterocycles. The largest absolute Gasteiger partial charge is 0.457 e. The Morgan fingerprint density at radius 2 is 1.71 bits per heavy atom. The van der Waals surface area contributed by atoms with Crippen molar-refractivity contribution in [2.75, 3.05) is 6.54 Å². The van der Waals surface area contributed by atoms with Gasteiger partial charge in [-0.2, -0.15) is 0 Å². The summed E-state index contributed by atoms with van der Waals surface area (Å²) in [6.45, 7) is 6.24. The van der Waals surface area contributed by atoms with E-state index >= 15 is 0 Å². The topological polar surface area (TPSA) is 87.7 Å². The minimum absolute atomic E-state index is 0.0640. The lowest BCUT2D eigenvalue weighted by Crippen LogP contribution is -2.54. The minimum Gasteiger partial charge on any atom is -0.457 e. The second-order valence-electron chi connectivity index (χ2n) is 10.2. The monoisotopic (exact) mass is 467 g/mol. The van der Waals surface area contributed by atoms with E-state index in [-0.39, 0.29) is 30.2 Å². The molecule has 2 aliphatic rings. The van der Waals surface area contributed by atoms with Gasteiger partial charge >= 0.3 is 6.03 Å². The standard InChI is InChI=1S/C26H30FN3O4/c1-17-12-25(2,3)16-26(13-17)23(32)30(24(33)29-26)15-22(31)28-14-18-4-8-20(9-5-18)34-21-10-6-19(27)7-11-21/h4-11,17H,12-16H2,1-3H3,(H,28,31)(H,29,33)/t17-,26+/m0/s1. The van der Waals surface area contributed by atoms with Gasteiger partial charge in [0.25, 0.3) is 5.91 Å². The van der Waals surface area contributed by atoms with Crippen LogP contribution in [0, 0.1) is 17.2 Å². The number of rotatable bonds is 6. The third-order valence-corrected chi connectivity index (χ3v) is 6.39. The van der Waals surface area contributed by atoms with Crippen molar-refractivity contribution in [2.45, 2.75) is 52.1 Å². The zero-order valence-electron chi connectivity index (χ0n) is 19.7. The zero-order valence-corrected chi connectivity index (χ0v) is 19.7. The van der Waals surface area contributed by atoms with Gasteiger partial charge in [-0.25, -0.2) is 9.18 Å². The first-order valence-corrected chi connectivity index (χ1v) is 11.5. The highest BCUT2D eigenvalue weighted by Crippen LogP contribution is 2.46. The molecular formula is C26H30FN3O4. The molecule has 1 aliphatic carbocycles. The second-order valence-corrected chi connectivity index (χ2v) is 10.2. The number of nitrogens with zero attached hydrogens (tertiary/aromatic N) is 1. The molecule has 1 aliphatic heterocycles. The maximum Gasteiger partial charge on any atom is 0.325 e. The Labute approximate surface area is 198 Å². The van der Waals surface area contributed by atoms with Crippen LogP contribution in [0.1, 0.15) is 45.6 Å². The Balaban J connectivity index is 1.31. The summed E-state index contributed by atoms with van der Waals surface area (Å²) in [5.41, 5.74) is -0.152. The highest BCUT2D eigenvalue weighted by atomic mass is 19.1. The first-order valence-electron chi connectivity index (χ1n) is 11.5. The number of amides is 4. The van der Waals surface area contributed by atoms with Crippen LogP contribution in [-0.2, 0) is 16.1 Å². The second kappa shape index (κ2) is 9.08. The normalized spacial score (nSPS) is 23.6. The van der Waals surface area contributed by atoms with E-state index in [1.165, 1.54) is 12.1 Å². The molecule has 7 nitrogen and oxygen atoms in total. The van der Waals surface area contributed by atoms with Crippen LogP contribution in [0.5, 0.6) is 11.5 Å². The Kier molecular flexibility index (Phi) is 6.34. The predicted molar refractivity (Wildman–Crippen MR) is 125 cm³/mol. The molecule has 0 radical (unpaired) electrons. The van der Waals surface area contributed by atoms with Crippen molar-refractivity contribution in [3.8, 4) is 11.5 Å². The van der Waals surface area contributed by atoms with E-state index in [4.69, 9.17) is 4.74 Å². The summed E-state index contributed by atoms with van der Waals surface area (Å²) in [4.78, 5) is 39.3. The summed E-state index contributed by atoms with van der Waals surface area (Å²) in [7, 11) is 0. The predicted octanol–water partition coefficient (Wildman–Crippen LogP) is 4.37. The van der Waals surface area contributed by atoms with Crippen LogP contribution < -0.4 is 15.4 Å². The molecule has 2 fully saturated rings. The molecule has 1 spiro atoms. The summed E-state index contributed by atoms with van der Waals surface area (Å²) in [5.74, 6) is 0.348. The SMILES string of the molecule is C[C@H]1CC(C)(C)C[C@@]2(C1)NC(=O)N(CC(=O)NCc1ccc(Oc3ccc(F)cc3)cc1)C2=O. The van der Waals surface area contributed by atoms with Crippen LogP contribution >= 0.6 is 0 Å². The van der Waals surface area contributed by atoms with E-state index in [0.29, 0.717) is 30.3 Å². The summed E-state index contributed by atoms with van der Waals surface area (Å²) in [6, 6.07) is 12.3. The lowest BCUT2D eigenvalue weighted by molar-refractivity contribution is -0.137. The van der Waals surface area contributed by atoms with Crippen LogP contribution in [0.2, 0.25) is 0 Å². The molecule has 0 bridgehead atoms. The summed E-state index contributed by atoms with van der Waals surface area (Å²) in [6.07, 6.45) is 2.15. The molecule has 2 N–H and O–H groups in total. The van der Waals surface area contributed by atoms with Crippen LogP contribution in [0.25, 0.3) is 0 Å². The third kappa shape index (κ3) is 5.21. The molecule has 8 heteroatoms. The van der Waals surface area contributed by atoms with Gasteiger partial charge in [0, 0.05) is 6.54 Å². The van der Waals surface area contributed by atoms with Crippen LogP contribution in [0.4, 0.5) is 9.18 Å². The first-order chi connectivity index (χ1) is 16.1. The number of benzene rings is 2. The van der Waals surface area contributed by atoms with Gasteiger partial charge in [-0.15, -0.1) is 0 Å². The van der Waals surface area contributed by atoms with Gasteiger partial charge in [-0.1, -0.05) is 32.9 Å². The highest BCUT2D eigenvalue weighted by molar-refractivity contribution is 6.09. The van der Waals surface area contributed by atoms with Crippen molar-refractivity contribution in [3.63, 3.8) is 0 Å². The fourth-order valence-electron chi connectivity index (χ4n) is 5.36. The molecule has 34 heavy (non-hydrogen) atoms. The Hall–Kier alpha value is -3.42. The number of carbonyl (C=O) groups is 3. The Bertz CT molecular complexity index is 1080. The average molecular weight is 468 g/mol. The first kappa shape index (κ1) is 23.7. The Morgan fingerprint density at radius 1 is 1.09 bits per heavy atom. The zero-order chi connectivity index (χ0) is 24.5. The molecule has 2 atom stereocenters. The summed E-state index contributed by atoms with van der Waals surface area (Å²) >= 11 is 0.